The minimum Gasteiger partial charge on any atom is -0.397 e. The highest BCUT2D eigenvalue weighted by Crippen LogP contribution is 2.15. The molecule has 3 heterocycles. The third-order valence-corrected chi connectivity index (χ3v) is 3.48. The van der Waals surface area contributed by atoms with Gasteiger partial charge in [0.1, 0.15) is 0 Å². The van der Waals surface area contributed by atoms with Crippen LogP contribution in [0.5, 0.6) is 0 Å². The highest BCUT2D eigenvalue weighted by Gasteiger charge is 2.24. The minimum absolute atomic E-state index is 0.0523. The van der Waals surface area contributed by atoms with Gasteiger partial charge in [0, 0.05) is 44.8 Å². The lowest BCUT2D eigenvalue weighted by Crippen LogP contribution is -2.49. The molecule has 1 amide bonds. The molecule has 0 saturated carbocycles. The van der Waals surface area contributed by atoms with E-state index >= 15 is 0 Å². The van der Waals surface area contributed by atoms with E-state index in [4.69, 9.17) is 5.73 Å². The zero-order chi connectivity index (χ0) is 14.7. The fourth-order valence-electron chi connectivity index (χ4n) is 2.34. The third kappa shape index (κ3) is 2.76. The molecule has 1 fully saturated rings. The van der Waals surface area contributed by atoms with E-state index in [0.29, 0.717) is 43.4 Å². The molecule has 108 valence electrons. The van der Waals surface area contributed by atoms with Crippen LogP contribution in [0.2, 0.25) is 0 Å². The normalized spacial score (nSPS) is 15.0. The van der Waals surface area contributed by atoms with Crippen molar-refractivity contribution in [3.05, 3.63) is 42.5 Å². The molecule has 0 unspecified atom stereocenters. The highest BCUT2D eigenvalue weighted by atomic mass is 16.2. The van der Waals surface area contributed by atoms with Gasteiger partial charge in [-0.25, -0.2) is 9.97 Å². The van der Waals surface area contributed by atoms with Gasteiger partial charge in [0.2, 0.25) is 5.95 Å². The molecule has 2 N–H and O–H groups in total. The summed E-state index contributed by atoms with van der Waals surface area (Å²) in [5.41, 5.74) is 6.73. The van der Waals surface area contributed by atoms with Crippen molar-refractivity contribution in [1.29, 1.82) is 0 Å². The molecule has 3 rings (SSSR count). The maximum atomic E-state index is 12.4. The summed E-state index contributed by atoms with van der Waals surface area (Å²) in [4.78, 5) is 28.7. The van der Waals surface area contributed by atoms with Crippen molar-refractivity contribution in [1.82, 2.24) is 19.9 Å². The Morgan fingerprint density at radius 2 is 1.81 bits per heavy atom. The molecule has 7 heteroatoms. The summed E-state index contributed by atoms with van der Waals surface area (Å²) in [5.74, 6) is 0.650. The molecule has 1 aliphatic rings. The quantitative estimate of drug-likeness (QED) is 0.859. The van der Waals surface area contributed by atoms with Crippen LogP contribution in [0.4, 0.5) is 11.6 Å². The molecule has 2 aromatic heterocycles. The molecule has 21 heavy (non-hydrogen) atoms. The van der Waals surface area contributed by atoms with E-state index in [-0.39, 0.29) is 5.91 Å². The molecule has 0 aliphatic carbocycles. The number of carbonyl (C=O) groups is 1. The largest absolute Gasteiger partial charge is 0.397 e. The van der Waals surface area contributed by atoms with Gasteiger partial charge in [0.15, 0.2) is 0 Å². The Bertz CT molecular complexity index is 624. The number of hydrogen-bond donors (Lipinski definition) is 1. The first-order valence-electron chi connectivity index (χ1n) is 6.76. The van der Waals surface area contributed by atoms with Gasteiger partial charge >= 0.3 is 0 Å². The van der Waals surface area contributed by atoms with E-state index in [2.05, 4.69) is 19.9 Å². The Hall–Kier alpha value is -2.70. The molecule has 0 bridgehead atoms. The van der Waals surface area contributed by atoms with E-state index in [1.807, 2.05) is 0 Å². The first kappa shape index (κ1) is 13.3. The first-order valence-corrected chi connectivity index (χ1v) is 6.76. The van der Waals surface area contributed by atoms with Crippen LogP contribution < -0.4 is 10.6 Å². The smallest absolute Gasteiger partial charge is 0.256 e. The lowest BCUT2D eigenvalue weighted by Gasteiger charge is -2.34. The van der Waals surface area contributed by atoms with Crippen LogP contribution in [0.1, 0.15) is 10.4 Å². The van der Waals surface area contributed by atoms with Gasteiger partial charge in [-0.1, -0.05) is 0 Å². The number of pyridine rings is 1. The molecular formula is C14H16N6O. The van der Waals surface area contributed by atoms with Crippen LogP contribution in [-0.4, -0.2) is 51.9 Å². The van der Waals surface area contributed by atoms with Crippen molar-refractivity contribution < 1.29 is 4.79 Å². The fourth-order valence-corrected chi connectivity index (χ4v) is 2.34. The average Bonchev–Trinajstić information content (AvgIpc) is 2.56. The van der Waals surface area contributed by atoms with Gasteiger partial charge in [0.25, 0.3) is 5.91 Å². The van der Waals surface area contributed by atoms with Crippen LogP contribution in [0, 0.1) is 0 Å². The number of nitrogen functional groups attached to an aromatic ring is 1. The van der Waals surface area contributed by atoms with Crippen molar-refractivity contribution in [2.75, 3.05) is 36.8 Å². The van der Waals surface area contributed by atoms with Gasteiger partial charge in [0.05, 0.1) is 17.4 Å². The molecule has 0 atom stereocenters. The number of amides is 1. The second kappa shape index (κ2) is 5.74. The second-order valence-corrected chi connectivity index (χ2v) is 4.79. The molecule has 1 aliphatic heterocycles. The Labute approximate surface area is 122 Å². The maximum absolute atomic E-state index is 12.4. The summed E-state index contributed by atoms with van der Waals surface area (Å²) < 4.78 is 0. The van der Waals surface area contributed by atoms with Gasteiger partial charge in [-0.05, 0) is 12.1 Å². The van der Waals surface area contributed by atoms with Gasteiger partial charge in [-0.2, -0.15) is 0 Å². The number of nitrogens with two attached hydrogens (primary N) is 1. The fraction of sp³-hybridized carbons (Fsp3) is 0.286. The van der Waals surface area contributed by atoms with Crippen molar-refractivity contribution in [3.8, 4) is 0 Å². The van der Waals surface area contributed by atoms with Crippen molar-refractivity contribution >= 4 is 17.5 Å². The lowest BCUT2D eigenvalue weighted by atomic mass is 10.2. The predicted octanol–water partition coefficient (Wildman–Crippen LogP) is 0.416. The van der Waals surface area contributed by atoms with Crippen LogP contribution >= 0.6 is 0 Å². The molecular weight excluding hydrogens is 268 g/mol. The van der Waals surface area contributed by atoms with Crippen LogP contribution in [0.3, 0.4) is 0 Å². The van der Waals surface area contributed by atoms with Crippen molar-refractivity contribution in [2.24, 2.45) is 0 Å². The third-order valence-electron chi connectivity index (χ3n) is 3.48. The van der Waals surface area contributed by atoms with Crippen molar-refractivity contribution in [3.63, 3.8) is 0 Å². The Morgan fingerprint density at radius 1 is 1.10 bits per heavy atom. The van der Waals surface area contributed by atoms with E-state index in [0.717, 1.165) is 0 Å². The predicted molar refractivity (Wildman–Crippen MR) is 78.8 cm³/mol. The Kier molecular flexibility index (Phi) is 3.63. The van der Waals surface area contributed by atoms with E-state index in [1.165, 1.54) is 6.20 Å². The molecule has 1 saturated heterocycles. The molecule has 0 spiro atoms. The number of nitrogens with zero attached hydrogens (tertiary/aromatic N) is 5. The van der Waals surface area contributed by atoms with Crippen LogP contribution in [0.15, 0.2) is 36.9 Å². The van der Waals surface area contributed by atoms with Crippen molar-refractivity contribution in [2.45, 2.75) is 0 Å². The van der Waals surface area contributed by atoms with Crippen LogP contribution in [-0.2, 0) is 0 Å². The number of rotatable bonds is 2. The average molecular weight is 284 g/mol. The zero-order valence-corrected chi connectivity index (χ0v) is 11.5. The number of aromatic nitrogens is 3. The first-order chi connectivity index (χ1) is 10.3. The molecule has 0 radical (unpaired) electrons. The summed E-state index contributed by atoms with van der Waals surface area (Å²) in [6.45, 7) is 2.67. The topological polar surface area (TPSA) is 88.2 Å². The maximum Gasteiger partial charge on any atom is 0.256 e. The van der Waals surface area contributed by atoms with Gasteiger partial charge in [-0.3, -0.25) is 9.78 Å². The minimum atomic E-state index is -0.0523. The summed E-state index contributed by atoms with van der Waals surface area (Å²) in [6.07, 6.45) is 6.52. The van der Waals surface area contributed by atoms with Crippen LogP contribution in [0.25, 0.3) is 0 Å². The second-order valence-electron chi connectivity index (χ2n) is 4.79. The molecule has 0 aromatic carbocycles. The summed E-state index contributed by atoms with van der Waals surface area (Å²) >= 11 is 0. The number of carbonyl (C=O) groups excluding carboxylic acids is 1. The molecule has 2 aromatic rings. The number of hydrogen-bond acceptors (Lipinski definition) is 6. The lowest BCUT2D eigenvalue weighted by molar-refractivity contribution is 0.0747. The Balaban J connectivity index is 1.66. The van der Waals surface area contributed by atoms with Gasteiger partial charge < -0.3 is 15.5 Å². The summed E-state index contributed by atoms with van der Waals surface area (Å²) in [7, 11) is 0. The van der Waals surface area contributed by atoms with E-state index in [9.17, 15) is 4.79 Å². The summed E-state index contributed by atoms with van der Waals surface area (Å²) in [5, 5.41) is 0. The Morgan fingerprint density at radius 3 is 2.48 bits per heavy atom. The van der Waals surface area contributed by atoms with E-state index in [1.54, 1.807) is 35.6 Å². The molecule has 7 nitrogen and oxygen atoms in total. The monoisotopic (exact) mass is 284 g/mol. The number of piperazine rings is 1. The number of anilines is 2. The van der Waals surface area contributed by atoms with E-state index < -0.39 is 0 Å². The van der Waals surface area contributed by atoms with Gasteiger partial charge in [-0.15, -0.1) is 0 Å². The standard InChI is InChI=1S/C14H16N6O/c15-12-10-16-5-2-11(12)13(21)19-6-8-20(9-7-19)14-17-3-1-4-18-14/h1-5,10H,6-9,15H2. The SMILES string of the molecule is Nc1cnccc1C(=O)N1CCN(c2ncccn2)CC1. The summed E-state index contributed by atoms with van der Waals surface area (Å²) in [6, 6.07) is 3.44. The zero-order valence-electron chi connectivity index (χ0n) is 11.5. The highest BCUT2D eigenvalue weighted by molar-refractivity contribution is 5.99.